The van der Waals surface area contributed by atoms with E-state index in [4.69, 9.17) is 0 Å². The van der Waals surface area contributed by atoms with Crippen molar-refractivity contribution >= 4 is 10.1 Å². The number of rotatable bonds is 6. The van der Waals surface area contributed by atoms with Crippen LogP contribution in [0.5, 0.6) is 0 Å². The van der Waals surface area contributed by atoms with E-state index in [1.807, 2.05) is 0 Å². The van der Waals surface area contributed by atoms with Crippen molar-refractivity contribution in [1.29, 1.82) is 0 Å². The summed E-state index contributed by atoms with van der Waals surface area (Å²) < 4.78 is 140. The zero-order valence-corrected chi connectivity index (χ0v) is 12.8. The quantitative estimate of drug-likeness (QED) is 0.498. The Balaban J connectivity index is 3.16. The minimum atomic E-state index is -7.30. The van der Waals surface area contributed by atoms with E-state index in [2.05, 4.69) is 4.18 Å². The molecule has 0 spiro atoms. The van der Waals surface area contributed by atoms with E-state index >= 15 is 0 Å². The highest BCUT2D eigenvalue weighted by atomic mass is 32.2. The van der Waals surface area contributed by atoms with E-state index in [0.717, 1.165) is 6.08 Å². The van der Waals surface area contributed by atoms with Crippen molar-refractivity contribution in [3.63, 3.8) is 0 Å². The van der Waals surface area contributed by atoms with Crippen molar-refractivity contribution in [1.82, 2.24) is 0 Å². The molecule has 13 heteroatoms. The third-order valence-electron chi connectivity index (χ3n) is 3.34. The lowest BCUT2D eigenvalue weighted by molar-refractivity contribution is -0.382. The molecule has 0 saturated heterocycles. The van der Waals surface area contributed by atoms with Crippen LogP contribution >= 0.6 is 0 Å². The summed E-state index contributed by atoms with van der Waals surface area (Å²) in [6.07, 6.45) is -6.40. The average molecular weight is 394 g/mol. The molecule has 0 aromatic carbocycles. The molecule has 1 rings (SSSR count). The Bertz CT molecular complexity index is 619. The van der Waals surface area contributed by atoms with Crippen LogP contribution in [-0.2, 0) is 14.3 Å². The molecule has 1 aliphatic carbocycles. The Morgan fingerprint density at radius 3 is 1.75 bits per heavy atom. The van der Waals surface area contributed by atoms with E-state index < -0.39 is 39.2 Å². The molecular weight excluding hydrogens is 383 g/mol. The van der Waals surface area contributed by atoms with E-state index in [1.54, 1.807) is 13.8 Å². The molecule has 0 N–H and O–H groups in total. The molecular formula is C11H11F9O3S. The third kappa shape index (κ3) is 3.06. The standard InChI is InChI=1S/C11H11F9O3S/c1-5(2)6-3-7(4-6)23-24(21,22)11(19,20)9(14,15)8(12,13)10(16,17)18/h3,5-6H,4H2,1-2H3. The van der Waals surface area contributed by atoms with Gasteiger partial charge in [0.15, 0.2) is 0 Å². The summed E-state index contributed by atoms with van der Waals surface area (Å²) in [7, 11) is -6.80. The summed E-state index contributed by atoms with van der Waals surface area (Å²) in [6, 6.07) is 0. The van der Waals surface area contributed by atoms with Crippen molar-refractivity contribution in [3.8, 4) is 0 Å². The molecule has 24 heavy (non-hydrogen) atoms. The number of hydrogen-bond donors (Lipinski definition) is 0. The fourth-order valence-corrected chi connectivity index (χ4v) is 2.59. The summed E-state index contributed by atoms with van der Waals surface area (Å²) in [4.78, 5) is 0. The van der Waals surface area contributed by atoms with E-state index in [0.29, 0.717) is 0 Å². The van der Waals surface area contributed by atoms with Gasteiger partial charge in [-0.1, -0.05) is 13.8 Å². The number of hydrogen-bond acceptors (Lipinski definition) is 3. The van der Waals surface area contributed by atoms with E-state index in [-0.39, 0.29) is 18.3 Å². The summed E-state index contributed by atoms with van der Waals surface area (Å²) in [5.74, 6) is -15.7. The van der Waals surface area contributed by atoms with Crippen LogP contribution in [0, 0.1) is 11.8 Å². The van der Waals surface area contributed by atoms with Crippen molar-refractivity contribution in [3.05, 3.63) is 11.8 Å². The first-order valence-corrected chi connectivity index (χ1v) is 7.64. The van der Waals surface area contributed by atoms with Gasteiger partial charge in [0.05, 0.1) is 0 Å². The molecule has 3 nitrogen and oxygen atoms in total. The second-order valence-corrected chi connectivity index (χ2v) is 7.03. The first-order valence-electron chi connectivity index (χ1n) is 6.23. The van der Waals surface area contributed by atoms with Gasteiger partial charge in [-0.25, -0.2) is 0 Å². The van der Waals surface area contributed by atoms with Crippen LogP contribution in [0.25, 0.3) is 0 Å². The summed E-state index contributed by atoms with van der Waals surface area (Å²) in [5, 5.41) is -6.82. The van der Waals surface area contributed by atoms with Gasteiger partial charge in [-0.3, -0.25) is 0 Å². The van der Waals surface area contributed by atoms with E-state index in [9.17, 15) is 47.9 Å². The maximum absolute atomic E-state index is 13.3. The minimum absolute atomic E-state index is 0.0865. The molecule has 0 aliphatic heterocycles. The first kappa shape index (κ1) is 20.9. The monoisotopic (exact) mass is 394 g/mol. The molecule has 1 atom stereocenters. The van der Waals surface area contributed by atoms with Crippen molar-refractivity contribution < 1.29 is 52.1 Å². The largest absolute Gasteiger partial charge is 0.460 e. The SMILES string of the molecule is CC(C)C1C=C(OS(=O)(=O)C(F)(F)C(F)(F)C(F)(F)C(F)(F)F)C1. The molecule has 0 saturated carbocycles. The second kappa shape index (κ2) is 5.70. The Hall–Kier alpha value is -1.14. The van der Waals surface area contributed by atoms with Gasteiger partial charge in [-0.2, -0.15) is 47.9 Å². The average Bonchev–Trinajstić information content (AvgIpc) is 2.30. The van der Waals surface area contributed by atoms with Gasteiger partial charge < -0.3 is 4.18 Å². The fourth-order valence-electron chi connectivity index (χ4n) is 1.64. The van der Waals surface area contributed by atoms with Gasteiger partial charge in [-0.15, -0.1) is 0 Å². The van der Waals surface area contributed by atoms with Gasteiger partial charge in [0.25, 0.3) is 0 Å². The Morgan fingerprint density at radius 2 is 1.42 bits per heavy atom. The van der Waals surface area contributed by atoms with Crippen molar-refractivity contribution in [2.24, 2.45) is 11.8 Å². The summed E-state index contributed by atoms with van der Waals surface area (Å²) >= 11 is 0. The maximum atomic E-state index is 13.3. The first-order chi connectivity index (χ1) is 10.4. The lowest BCUT2D eigenvalue weighted by atomic mass is 9.84. The number of alkyl halides is 9. The highest BCUT2D eigenvalue weighted by Gasteiger charge is 2.86. The van der Waals surface area contributed by atoms with Crippen LogP contribution in [0.2, 0.25) is 0 Å². The number of allylic oxidation sites excluding steroid dienone is 2. The van der Waals surface area contributed by atoms with Gasteiger partial charge in [0.1, 0.15) is 5.76 Å². The zero-order chi connectivity index (χ0) is 19.4. The van der Waals surface area contributed by atoms with Crippen LogP contribution < -0.4 is 0 Å². The van der Waals surface area contributed by atoms with Gasteiger partial charge in [0, 0.05) is 6.42 Å². The van der Waals surface area contributed by atoms with E-state index in [1.165, 1.54) is 0 Å². The fraction of sp³-hybridized carbons (Fsp3) is 0.818. The van der Waals surface area contributed by atoms with Gasteiger partial charge in [0.2, 0.25) is 0 Å². The predicted molar refractivity (Wildman–Crippen MR) is 61.9 cm³/mol. The second-order valence-electron chi connectivity index (χ2n) is 5.45. The highest BCUT2D eigenvalue weighted by molar-refractivity contribution is 7.88. The van der Waals surface area contributed by atoms with Crippen LogP contribution in [0.15, 0.2) is 11.8 Å². The molecule has 0 aromatic rings. The lowest BCUT2D eigenvalue weighted by Gasteiger charge is -2.34. The smallest absolute Gasteiger partial charge is 0.383 e. The van der Waals surface area contributed by atoms with Crippen LogP contribution in [0.3, 0.4) is 0 Å². The van der Waals surface area contributed by atoms with Gasteiger partial charge in [-0.05, 0) is 17.9 Å². The van der Waals surface area contributed by atoms with Crippen molar-refractivity contribution in [2.45, 2.75) is 43.5 Å². The third-order valence-corrected chi connectivity index (χ3v) is 4.66. The Labute approximate surface area is 130 Å². The lowest BCUT2D eigenvalue weighted by Crippen LogP contribution is -2.63. The van der Waals surface area contributed by atoms with Crippen LogP contribution in [-0.4, -0.2) is 31.7 Å². The zero-order valence-electron chi connectivity index (χ0n) is 12.0. The highest BCUT2D eigenvalue weighted by Crippen LogP contribution is 2.55. The predicted octanol–water partition coefficient (Wildman–Crippen LogP) is 4.32. The van der Waals surface area contributed by atoms with Crippen LogP contribution in [0.1, 0.15) is 20.3 Å². The topological polar surface area (TPSA) is 43.4 Å². The molecule has 142 valence electrons. The molecule has 1 unspecified atom stereocenters. The maximum Gasteiger partial charge on any atom is 0.460 e. The summed E-state index contributed by atoms with van der Waals surface area (Å²) in [5.41, 5.74) is 0. The molecule has 1 aliphatic rings. The molecule has 0 heterocycles. The molecule has 0 aromatic heterocycles. The number of halogens is 9. The van der Waals surface area contributed by atoms with Crippen LogP contribution in [0.4, 0.5) is 39.5 Å². The normalized spacial score (nSPS) is 20.7. The Morgan fingerprint density at radius 1 is 1.00 bits per heavy atom. The molecule has 0 amide bonds. The molecule has 0 bridgehead atoms. The summed E-state index contributed by atoms with van der Waals surface area (Å²) in [6.45, 7) is 3.30. The van der Waals surface area contributed by atoms with Gasteiger partial charge >= 0.3 is 33.4 Å². The minimum Gasteiger partial charge on any atom is -0.383 e. The Kier molecular flexibility index (Phi) is 4.96. The van der Waals surface area contributed by atoms with Crippen molar-refractivity contribution in [2.75, 3.05) is 0 Å². The molecule has 0 fully saturated rings. The molecule has 0 radical (unpaired) electrons.